The van der Waals surface area contributed by atoms with E-state index in [9.17, 15) is 8.42 Å². The second-order valence-corrected chi connectivity index (χ2v) is 10.4. The molecule has 108 valence electrons. The molecule has 0 amide bonds. The Labute approximate surface area is 139 Å². The normalized spacial score (nSPS) is 20.1. The molecule has 2 aromatic rings. The van der Waals surface area contributed by atoms with Gasteiger partial charge in [-0.15, -0.1) is 22.7 Å². The Balaban J connectivity index is 2.01. The highest BCUT2D eigenvalue weighted by Crippen LogP contribution is 2.40. The van der Waals surface area contributed by atoms with Crippen LogP contribution in [0.3, 0.4) is 0 Å². The molecule has 0 radical (unpaired) electrons. The maximum atomic E-state index is 12.8. The zero-order valence-corrected chi connectivity index (χ0v) is 15.3. The molecular formula is C12H11BrClNO2S3. The predicted octanol–water partition coefficient (Wildman–Crippen LogP) is 4.53. The first-order chi connectivity index (χ1) is 9.41. The highest BCUT2D eigenvalue weighted by molar-refractivity contribution is 9.11. The number of sulfonamides is 1. The molecular weight excluding hydrogens is 402 g/mol. The van der Waals surface area contributed by atoms with Gasteiger partial charge in [-0.05, 0) is 52.4 Å². The van der Waals surface area contributed by atoms with E-state index in [2.05, 4.69) is 15.9 Å². The van der Waals surface area contributed by atoms with Gasteiger partial charge in [0.1, 0.15) is 4.21 Å². The van der Waals surface area contributed by atoms with E-state index >= 15 is 0 Å². The zero-order valence-electron chi connectivity index (χ0n) is 10.5. The van der Waals surface area contributed by atoms with Crippen molar-refractivity contribution in [1.82, 2.24) is 4.31 Å². The van der Waals surface area contributed by atoms with E-state index in [0.717, 1.165) is 23.3 Å². The van der Waals surface area contributed by atoms with E-state index in [0.29, 0.717) is 19.6 Å². The van der Waals surface area contributed by atoms with E-state index in [4.69, 9.17) is 11.6 Å². The third kappa shape index (κ3) is 2.38. The Morgan fingerprint density at radius 1 is 1.50 bits per heavy atom. The number of fused-ring (bicyclic) bond motifs is 1. The van der Waals surface area contributed by atoms with Crippen LogP contribution in [-0.2, 0) is 16.4 Å². The van der Waals surface area contributed by atoms with Gasteiger partial charge in [0.2, 0.25) is 0 Å². The molecule has 0 aliphatic carbocycles. The van der Waals surface area contributed by atoms with Gasteiger partial charge < -0.3 is 0 Å². The van der Waals surface area contributed by atoms with Crippen LogP contribution in [0, 0.1) is 0 Å². The molecule has 0 spiro atoms. The maximum Gasteiger partial charge on any atom is 0.253 e. The fourth-order valence-corrected chi connectivity index (χ4v) is 7.49. The number of halogens is 2. The van der Waals surface area contributed by atoms with Crippen LogP contribution < -0.4 is 0 Å². The minimum atomic E-state index is -3.49. The van der Waals surface area contributed by atoms with Crippen LogP contribution in [0.2, 0.25) is 5.02 Å². The highest BCUT2D eigenvalue weighted by atomic mass is 79.9. The summed E-state index contributed by atoms with van der Waals surface area (Å²) in [4.78, 5) is 1.29. The zero-order chi connectivity index (χ0) is 14.5. The van der Waals surface area contributed by atoms with Crippen molar-refractivity contribution in [2.75, 3.05) is 6.54 Å². The summed E-state index contributed by atoms with van der Waals surface area (Å²) in [5, 5.41) is 2.46. The summed E-state index contributed by atoms with van der Waals surface area (Å²) in [7, 11) is -3.49. The summed E-state index contributed by atoms with van der Waals surface area (Å²) in [6.07, 6.45) is 0.775. The van der Waals surface area contributed by atoms with E-state index in [1.54, 1.807) is 15.6 Å². The standard InChI is InChI=1S/C12H11BrClNO2S3/c1-7-8-3-5-18-10(8)2-4-15(7)20(16,17)11-6-9(14)12(13)19-11/h3,5-7H,2,4H2,1H3. The lowest BCUT2D eigenvalue weighted by Crippen LogP contribution is -2.37. The molecule has 0 bridgehead atoms. The molecule has 3 heterocycles. The topological polar surface area (TPSA) is 37.4 Å². The number of rotatable bonds is 2. The molecule has 0 saturated carbocycles. The summed E-state index contributed by atoms with van der Waals surface area (Å²) >= 11 is 12.1. The molecule has 1 unspecified atom stereocenters. The van der Waals surface area contributed by atoms with Gasteiger partial charge in [-0.3, -0.25) is 0 Å². The average molecular weight is 413 g/mol. The van der Waals surface area contributed by atoms with Gasteiger partial charge in [0.25, 0.3) is 10.0 Å². The summed E-state index contributed by atoms with van der Waals surface area (Å²) in [5.41, 5.74) is 1.12. The molecule has 2 aromatic heterocycles. The Kier molecular flexibility index (Phi) is 4.03. The first-order valence-corrected chi connectivity index (χ1v) is 10.2. The molecule has 0 aromatic carbocycles. The van der Waals surface area contributed by atoms with Crippen molar-refractivity contribution in [3.63, 3.8) is 0 Å². The van der Waals surface area contributed by atoms with Gasteiger partial charge in [0.05, 0.1) is 8.81 Å². The molecule has 1 atom stereocenters. The van der Waals surface area contributed by atoms with Crippen LogP contribution in [0.5, 0.6) is 0 Å². The van der Waals surface area contributed by atoms with Gasteiger partial charge in [-0.25, -0.2) is 8.42 Å². The van der Waals surface area contributed by atoms with E-state index in [1.807, 2.05) is 18.4 Å². The van der Waals surface area contributed by atoms with E-state index < -0.39 is 10.0 Å². The van der Waals surface area contributed by atoms with Gasteiger partial charge in [-0.1, -0.05) is 11.6 Å². The average Bonchev–Trinajstić information content (AvgIpc) is 2.98. The predicted molar refractivity (Wildman–Crippen MR) is 87.4 cm³/mol. The molecule has 0 saturated heterocycles. The van der Waals surface area contributed by atoms with Crippen molar-refractivity contribution in [3.8, 4) is 0 Å². The third-order valence-corrected chi connectivity index (χ3v) is 9.30. The lowest BCUT2D eigenvalue weighted by Gasteiger charge is -2.32. The van der Waals surface area contributed by atoms with Crippen molar-refractivity contribution < 1.29 is 8.42 Å². The van der Waals surface area contributed by atoms with E-state index in [-0.39, 0.29) is 6.04 Å². The Hall–Kier alpha value is 0.0800. The van der Waals surface area contributed by atoms with Crippen LogP contribution in [0.15, 0.2) is 25.5 Å². The van der Waals surface area contributed by atoms with Crippen molar-refractivity contribution in [3.05, 3.63) is 36.8 Å². The monoisotopic (exact) mass is 411 g/mol. The van der Waals surface area contributed by atoms with E-state index in [1.165, 1.54) is 10.9 Å². The largest absolute Gasteiger partial charge is 0.253 e. The second kappa shape index (κ2) is 5.37. The van der Waals surface area contributed by atoms with Crippen molar-refractivity contribution in [1.29, 1.82) is 0 Å². The molecule has 0 N–H and O–H groups in total. The lowest BCUT2D eigenvalue weighted by molar-refractivity contribution is 0.330. The van der Waals surface area contributed by atoms with Gasteiger partial charge in [-0.2, -0.15) is 4.31 Å². The number of hydrogen-bond donors (Lipinski definition) is 0. The summed E-state index contributed by atoms with van der Waals surface area (Å²) < 4.78 is 28.0. The molecule has 3 rings (SSSR count). The number of hydrogen-bond acceptors (Lipinski definition) is 4. The minimum absolute atomic E-state index is 0.130. The summed E-state index contributed by atoms with van der Waals surface area (Å²) in [6.45, 7) is 2.46. The third-order valence-electron chi connectivity index (χ3n) is 3.41. The summed E-state index contributed by atoms with van der Waals surface area (Å²) in [6, 6.07) is 3.40. The van der Waals surface area contributed by atoms with Crippen LogP contribution in [0.25, 0.3) is 0 Å². The lowest BCUT2D eigenvalue weighted by atomic mass is 10.0. The fraction of sp³-hybridized carbons (Fsp3) is 0.333. The van der Waals surface area contributed by atoms with Crippen molar-refractivity contribution in [2.45, 2.75) is 23.6 Å². The fourth-order valence-electron chi connectivity index (χ4n) is 2.38. The molecule has 3 nitrogen and oxygen atoms in total. The Morgan fingerprint density at radius 3 is 2.90 bits per heavy atom. The van der Waals surface area contributed by atoms with Gasteiger partial charge >= 0.3 is 0 Å². The Morgan fingerprint density at radius 2 is 2.25 bits per heavy atom. The smallest absolute Gasteiger partial charge is 0.206 e. The Bertz CT molecular complexity index is 733. The first-order valence-electron chi connectivity index (χ1n) is 5.94. The molecule has 1 aliphatic rings. The van der Waals surface area contributed by atoms with Crippen LogP contribution >= 0.6 is 50.2 Å². The van der Waals surface area contributed by atoms with Crippen LogP contribution in [0.1, 0.15) is 23.4 Å². The minimum Gasteiger partial charge on any atom is -0.206 e. The second-order valence-electron chi connectivity index (χ2n) is 4.53. The first kappa shape index (κ1) is 15.0. The number of nitrogens with zero attached hydrogens (tertiary/aromatic N) is 1. The number of thiophene rings is 2. The van der Waals surface area contributed by atoms with Crippen molar-refractivity contribution in [2.24, 2.45) is 0 Å². The van der Waals surface area contributed by atoms with Crippen LogP contribution in [0.4, 0.5) is 0 Å². The van der Waals surface area contributed by atoms with Crippen molar-refractivity contribution >= 4 is 60.2 Å². The molecule has 1 aliphatic heterocycles. The van der Waals surface area contributed by atoms with Gasteiger partial charge in [0, 0.05) is 17.5 Å². The van der Waals surface area contributed by atoms with Gasteiger partial charge in [0.15, 0.2) is 0 Å². The summed E-state index contributed by atoms with van der Waals surface area (Å²) in [5.74, 6) is 0. The highest BCUT2D eigenvalue weighted by Gasteiger charge is 2.35. The quantitative estimate of drug-likeness (QED) is 0.726. The molecule has 0 fully saturated rings. The molecule has 20 heavy (non-hydrogen) atoms. The molecule has 8 heteroatoms. The maximum absolute atomic E-state index is 12.8. The van der Waals surface area contributed by atoms with Crippen LogP contribution in [-0.4, -0.2) is 19.3 Å². The SMILES string of the molecule is CC1c2ccsc2CCN1S(=O)(=O)c1cc(Cl)c(Br)s1.